The third-order valence-corrected chi connectivity index (χ3v) is 5.97. The van der Waals surface area contributed by atoms with Gasteiger partial charge in [0, 0.05) is 11.1 Å². The van der Waals surface area contributed by atoms with E-state index in [1.807, 2.05) is 12.1 Å². The van der Waals surface area contributed by atoms with Crippen LogP contribution in [0.2, 0.25) is 0 Å². The minimum Gasteiger partial charge on any atom is -0.494 e. The van der Waals surface area contributed by atoms with Gasteiger partial charge in [0.25, 0.3) is 0 Å². The number of fused-ring (bicyclic) bond motifs is 1. The zero-order chi connectivity index (χ0) is 22.0. The summed E-state index contributed by atoms with van der Waals surface area (Å²) >= 11 is 0. The van der Waals surface area contributed by atoms with Gasteiger partial charge in [0.1, 0.15) is 5.82 Å². The van der Waals surface area contributed by atoms with Crippen LogP contribution in [0.3, 0.4) is 0 Å². The van der Waals surface area contributed by atoms with Crippen molar-refractivity contribution < 1.29 is 17.9 Å². The summed E-state index contributed by atoms with van der Waals surface area (Å²) in [6, 6.07) is 14.6. The first kappa shape index (κ1) is 21.2. The van der Waals surface area contributed by atoms with Crippen LogP contribution in [0.25, 0.3) is 16.7 Å². The molecule has 0 atom stereocenters. The Morgan fingerprint density at radius 1 is 0.839 bits per heavy atom. The van der Waals surface area contributed by atoms with Crippen LogP contribution >= 0.6 is 0 Å². The van der Waals surface area contributed by atoms with Crippen molar-refractivity contribution in [3.63, 3.8) is 0 Å². The second-order valence-corrected chi connectivity index (χ2v) is 7.92. The summed E-state index contributed by atoms with van der Waals surface area (Å²) in [5.41, 5.74) is 5.00. The predicted molar refractivity (Wildman–Crippen MR) is 119 cm³/mol. The van der Waals surface area contributed by atoms with Crippen molar-refractivity contribution >= 4 is 5.57 Å². The number of unbranched alkanes of at least 4 members (excludes halogenated alkanes) is 1. The lowest BCUT2D eigenvalue weighted by atomic mass is 9.85. The van der Waals surface area contributed by atoms with E-state index in [0.29, 0.717) is 18.4 Å². The maximum absolute atomic E-state index is 15.3. The fourth-order valence-electron chi connectivity index (χ4n) is 4.14. The number of methoxy groups -OCH3 is 1. The first-order chi connectivity index (χ1) is 15.0. The molecule has 1 aliphatic carbocycles. The van der Waals surface area contributed by atoms with Crippen LogP contribution < -0.4 is 4.74 Å². The lowest BCUT2D eigenvalue weighted by molar-refractivity contribution is 0.372. The quantitative estimate of drug-likeness (QED) is 0.405. The SMILES string of the molecule is CCCCc1ccc(C2=CCc3c(ccc(-c4ccc(OC)c(F)c4F)c3F)C2)cc1. The Labute approximate surface area is 181 Å². The monoisotopic (exact) mass is 422 g/mol. The van der Waals surface area contributed by atoms with Crippen molar-refractivity contribution in [2.45, 2.75) is 39.0 Å². The fourth-order valence-corrected chi connectivity index (χ4v) is 4.14. The molecule has 0 N–H and O–H groups in total. The molecule has 1 nitrogen and oxygen atoms in total. The molecular formula is C27H25F3O. The van der Waals surface area contributed by atoms with E-state index in [1.165, 1.54) is 43.7 Å². The van der Waals surface area contributed by atoms with Crippen molar-refractivity contribution in [3.05, 3.63) is 94.3 Å². The van der Waals surface area contributed by atoms with Crippen LogP contribution in [0.15, 0.2) is 54.6 Å². The van der Waals surface area contributed by atoms with Crippen molar-refractivity contribution in [3.8, 4) is 16.9 Å². The molecule has 0 saturated carbocycles. The van der Waals surface area contributed by atoms with Crippen molar-refractivity contribution in [2.24, 2.45) is 0 Å². The Morgan fingerprint density at radius 3 is 2.26 bits per heavy atom. The van der Waals surface area contributed by atoms with Crippen LogP contribution in [0, 0.1) is 17.5 Å². The van der Waals surface area contributed by atoms with Gasteiger partial charge in [-0.3, -0.25) is 0 Å². The third-order valence-electron chi connectivity index (χ3n) is 5.97. The molecule has 1 aliphatic rings. The molecule has 0 unspecified atom stereocenters. The summed E-state index contributed by atoms with van der Waals surface area (Å²) in [6.07, 6.45) is 6.48. The Kier molecular flexibility index (Phi) is 6.17. The highest BCUT2D eigenvalue weighted by molar-refractivity contribution is 5.74. The van der Waals surface area contributed by atoms with Gasteiger partial charge in [-0.1, -0.05) is 55.8 Å². The summed E-state index contributed by atoms with van der Waals surface area (Å²) in [4.78, 5) is 0. The molecule has 4 rings (SSSR count). The standard InChI is InChI=1S/C27H25F3O/c1-3-4-5-17-6-8-18(9-7-17)19-10-12-21-20(16-19)11-13-22(25(21)28)23-14-15-24(31-2)27(30)26(23)29/h6-11,13-15H,3-5,12,16H2,1-2H3. The second kappa shape index (κ2) is 9.01. The molecule has 4 heteroatoms. The van der Waals surface area contributed by atoms with Crippen molar-refractivity contribution in [2.75, 3.05) is 7.11 Å². The summed E-state index contributed by atoms with van der Waals surface area (Å²) in [6.45, 7) is 2.18. The fraction of sp³-hybridized carbons (Fsp3) is 0.259. The van der Waals surface area contributed by atoms with Crippen LogP contribution in [0.1, 0.15) is 42.0 Å². The normalized spacial score (nSPS) is 13.0. The molecule has 0 fully saturated rings. The number of rotatable bonds is 6. The maximum Gasteiger partial charge on any atom is 0.201 e. The molecule has 0 amide bonds. The van der Waals surface area contributed by atoms with Gasteiger partial charge in [-0.2, -0.15) is 4.39 Å². The lowest BCUT2D eigenvalue weighted by Gasteiger charge is -2.20. The minimum absolute atomic E-state index is 0.0648. The molecule has 160 valence electrons. The van der Waals surface area contributed by atoms with E-state index in [1.54, 1.807) is 0 Å². The van der Waals surface area contributed by atoms with E-state index >= 15 is 4.39 Å². The molecular weight excluding hydrogens is 397 g/mol. The van der Waals surface area contributed by atoms with E-state index in [0.717, 1.165) is 23.1 Å². The highest BCUT2D eigenvalue weighted by Crippen LogP contribution is 2.36. The third kappa shape index (κ3) is 4.12. The average Bonchev–Trinajstić information content (AvgIpc) is 2.80. The highest BCUT2D eigenvalue weighted by atomic mass is 19.2. The summed E-state index contributed by atoms with van der Waals surface area (Å²) in [7, 11) is 1.26. The maximum atomic E-state index is 15.3. The van der Waals surface area contributed by atoms with Crippen LogP contribution in [-0.2, 0) is 19.3 Å². The van der Waals surface area contributed by atoms with E-state index in [2.05, 4.69) is 31.2 Å². The zero-order valence-electron chi connectivity index (χ0n) is 17.8. The van der Waals surface area contributed by atoms with Crippen LogP contribution in [-0.4, -0.2) is 7.11 Å². The summed E-state index contributed by atoms with van der Waals surface area (Å²) in [5.74, 6) is -2.91. The van der Waals surface area contributed by atoms with Crippen LogP contribution in [0.5, 0.6) is 5.75 Å². The Hall–Kier alpha value is -3.01. The summed E-state index contributed by atoms with van der Waals surface area (Å²) in [5, 5.41) is 0. The smallest absolute Gasteiger partial charge is 0.201 e. The largest absolute Gasteiger partial charge is 0.494 e. The lowest BCUT2D eigenvalue weighted by Crippen LogP contribution is -2.07. The highest BCUT2D eigenvalue weighted by Gasteiger charge is 2.22. The molecule has 0 saturated heterocycles. The molecule has 0 aliphatic heterocycles. The predicted octanol–water partition coefficient (Wildman–Crippen LogP) is 7.30. The number of ether oxygens (including phenoxy) is 1. The first-order valence-corrected chi connectivity index (χ1v) is 10.6. The number of aryl methyl sites for hydroxylation is 1. The van der Waals surface area contributed by atoms with Gasteiger partial charge >= 0.3 is 0 Å². The van der Waals surface area contributed by atoms with E-state index in [4.69, 9.17) is 4.74 Å². The zero-order valence-corrected chi connectivity index (χ0v) is 17.8. The van der Waals surface area contributed by atoms with Crippen LogP contribution in [0.4, 0.5) is 13.2 Å². The van der Waals surface area contributed by atoms with Gasteiger partial charge in [-0.15, -0.1) is 0 Å². The molecule has 31 heavy (non-hydrogen) atoms. The Bertz CT molecular complexity index is 1130. The molecule has 0 aromatic heterocycles. The average molecular weight is 422 g/mol. The van der Waals surface area contributed by atoms with Crippen molar-refractivity contribution in [1.29, 1.82) is 0 Å². The number of allylic oxidation sites excluding steroid dienone is 2. The van der Waals surface area contributed by atoms with Gasteiger partial charge in [0.15, 0.2) is 11.6 Å². The van der Waals surface area contributed by atoms with Gasteiger partial charge in [-0.05, 0) is 65.6 Å². The van der Waals surface area contributed by atoms with Gasteiger partial charge < -0.3 is 4.74 Å². The molecule has 3 aromatic rings. The molecule has 0 bridgehead atoms. The molecule has 3 aromatic carbocycles. The number of hydrogen-bond donors (Lipinski definition) is 0. The van der Waals surface area contributed by atoms with E-state index in [-0.39, 0.29) is 16.9 Å². The van der Waals surface area contributed by atoms with E-state index < -0.39 is 17.5 Å². The molecule has 0 heterocycles. The molecule has 0 spiro atoms. The Morgan fingerprint density at radius 2 is 1.55 bits per heavy atom. The number of benzene rings is 3. The number of halogens is 3. The number of hydrogen-bond acceptors (Lipinski definition) is 1. The Balaban J connectivity index is 1.61. The van der Waals surface area contributed by atoms with Crippen molar-refractivity contribution in [1.82, 2.24) is 0 Å². The van der Waals surface area contributed by atoms with E-state index in [9.17, 15) is 8.78 Å². The summed E-state index contributed by atoms with van der Waals surface area (Å²) < 4.78 is 48.7. The van der Waals surface area contributed by atoms with Gasteiger partial charge in [-0.25, -0.2) is 8.78 Å². The topological polar surface area (TPSA) is 9.23 Å². The molecule has 0 radical (unpaired) electrons. The van der Waals surface area contributed by atoms with Gasteiger partial charge in [0.2, 0.25) is 5.82 Å². The second-order valence-electron chi connectivity index (χ2n) is 7.92. The minimum atomic E-state index is -1.11. The van der Waals surface area contributed by atoms with Gasteiger partial charge in [0.05, 0.1) is 7.11 Å². The first-order valence-electron chi connectivity index (χ1n) is 10.6.